The average molecular weight is 262 g/mol. The summed E-state index contributed by atoms with van der Waals surface area (Å²) in [6.07, 6.45) is 1.01. The van der Waals surface area contributed by atoms with Crippen LogP contribution in [0.25, 0.3) is 10.2 Å². The Kier molecular flexibility index (Phi) is 4.03. The molecule has 0 aliphatic rings. The van der Waals surface area contributed by atoms with Crippen LogP contribution in [0.5, 0.6) is 0 Å². The SMILES string of the molecule is CCNC(Cc1nc2ccccc2s1)C(C)(C)C. The van der Waals surface area contributed by atoms with E-state index in [-0.39, 0.29) is 5.41 Å². The van der Waals surface area contributed by atoms with Crippen LogP contribution in [0.15, 0.2) is 24.3 Å². The lowest BCUT2D eigenvalue weighted by Crippen LogP contribution is -2.41. The van der Waals surface area contributed by atoms with Gasteiger partial charge in [-0.25, -0.2) is 4.98 Å². The third-order valence-corrected chi connectivity index (χ3v) is 4.27. The standard InChI is InChI=1S/C15H22N2S/c1-5-16-13(15(2,3)4)10-14-17-11-8-6-7-9-12(11)18-14/h6-9,13,16H,5,10H2,1-4H3. The summed E-state index contributed by atoms with van der Waals surface area (Å²) in [5, 5.41) is 4.82. The van der Waals surface area contributed by atoms with E-state index in [9.17, 15) is 0 Å². The quantitative estimate of drug-likeness (QED) is 0.905. The van der Waals surface area contributed by atoms with Gasteiger partial charge in [0.15, 0.2) is 0 Å². The molecule has 18 heavy (non-hydrogen) atoms. The number of hydrogen-bond acceptors (Lipinski definition) is 3. The number of fused-ring (bicyclic) bond motifs is 1. The van der Waals surface area contributed by atoms with Crippen LogP contribution in [0.3, 0.4) is 0 Å². The van der Waals surface area contributed by atoms with Crippen LogP contribution in [0, 0.1) is 5.41 Å². The van der Waals surface area contributed by atoms with Crippen molar-refractivity contribution in [1.82, 2.24) is 10.3 Å². The second-order valence-corrected chi connectivity index (χ2v) is 6.87. The molecule has 1 aromatic heterocycles. The van der Waals surface area contributed by atoms with Gasteiger partial charge in [-0.2, -0.15) is 0 Å². The molecule has 0 fully saturated rings. The second kappa shape index (κ2) is 5.37. The van der Waals surface area contributed by atoms with Crippen LogP contribution >= 0.6 is 11.3 Å². The van der Waals surface area contributed by atoms with Gasteiger partial charge in [0.05, 0.1) is 15.2 Å². The number of nitrogens with one attached hydrogen (secondary N) is 1. The molecule has 98 valence electrons. The Morgan fingerprint density at radius 2 is 2.00 bits per heavy atom. The van der Waals surface area contributed by atoms with Gasteiger partial charge < -0.3 is 5.32 Å². The second-order valence-electron chi connectivity index (χ2n) is 5.76. The fraction of sp³-hybridized carbons (Fsp3) is 0.533. The van der Waals surface area contributed by atoms with Gasteiger partial charge in [-0.15, -0.1) is 11.3 Å². The summed E-state index contributed by atoms with van der Waals surface area (Å²) in [6.45, 7) is 10.0. The molecular weight excluding hydrogens is 240 g/mol. The fourth-order valence-electron chi connectivity index (χ4n) is 2.11. The van der Waals surface area contributed by atoms with Crippen molar-refractivity contribution in [3.8, 4) is 0 Å². The van der Waals surface area contributed by atoms with Crippen LogP contribution in [-0.2, 0) is 6.42 Å². The summed E-state index contributed by atoms with van der Waals surface area (Å²) in [6, 6.07) is 8.85. The minimum absolute atomic E-state index is 0.258. The Labute approximate surface area is 113 Å². The summed E-state index contributed by atoms with van der Waals surface area (Å²) in [5.74, 6) is 0. The molecule has 0 radical (unpaired) electrons. The third kappa shape index (κ3) is 3.09. The van der Waals surface area contributed by atoms with Crippen molar-refractivity contribution in [3.05, 3.63) is 29.3 Å². The van der Waals surface area contributed by atoms with Crippen LogP contribution in [0.4, 0.5) is 0 Å². The molecule has 0 aliphatic heterocycles. The molecule has 1 N–H and O–H groups in total. The van der Waals surface area contributed by atoms with E-state index in [1.165, 1.54) is 9.71 Å². The molecule has 3 heteroatoms. The van der Waals surface area contributed by atoms with Crippen molar-refractivity contribution in [2.75, 3.05) is 6.54 Å². The van der Waals surface area contributed by atoms with E-state index in [4.69, 9.17) is 4.98 Å². The lowest BCUT2D eigenvalue weighted by Gasteiger charge is -2.30. The molecule has 0 aliphatic carbocycles. The first-order valence-electron chi connectivity index (χ1n) is 6.58. The minimum Gasteiger partial charge on any atom is -0.313 e. The summed E-state index contributed by atoms with van der Waals surface area (Å²) in [5.41, 5.74) is 1.38. The number of rotatable bonds is 4. The molecule has 1 unspecified atom stereocenters. The predicted octanol–water partition coefficient (Wildman–Crippen LogP) is 3.86. The zero-order chi connectivity index (χ0) is 13.2. The van der Waals surface area contributed by atoms with Gasteiger partial charge in [-0.1, -0.05) is 39.8 Å². The zero-order valence-electron chi connectivity index (χ0n) is 11.7. The van der Waals surface area contributed by atoms with Gasteiger partial charge in [-0.05, 0) is 24.1 Å². The molecule has 1 heterocycles. The van der Waals surface area contributed by atoms with Crippen LogP contribution in [0.1, 0.15) is 32.7 Å². The van der Waals surface area contributed by atoms with Crippen molar-refractivity contribution in [1.29, 1.82) is 0 Å². The average Bonchev–Trinajstić information content (AvgIpc) is 2.69. The van der Waals surface area contributed by atoms with Gasteiger partial charge in [0, 0.05) is 12.5 Å². The molecule has 2 aromatic rings. The van der Waals surface area contributed by atoms with E-state index in [0.29, 0.717) is 6.04 Å². The third-order valence-electron chi connectivity index (χ3n) is 3.21. The molecule has 0 bridgehead atoms. The zero-order valence-corrected chi connectivity index (χ0v) is 12.5. The highest BCUT2D eigenvalue weighted by atomic mass is 32.1. The van der Waals surface area contributed by atoms with Gasteiger partial charge in [-0.3, -0.25) is 0 Å². The normalized spacial score (nSPS) is 14.0. The number of nitrogens with zero attached hydrogens (tertiary/aromatic N) is 1. The highest BCUT2D eigenvalue weighted by Gasteiger charge is 2.24. The Morgan fingerprint density at radius 1 is 1.28 bits per heavy atom. The molecular formula is C15H22N2S. The molecule has 0 saturated heterocycles. The molecule has 2 nitrogen and oxygen atoms in total. The maximum absolute atomic E-state index is 4.73. The van der Waals surface area contributed by atoms with E-state index in [0.717, 1.165) is 18.5 Å². The molecule has 2 rings (SSSR count). The number of likely N-dealkylation sites (N-methyl/N-ethyl adjacent to an activating group) is 1. The Balaban J connectivity index is 2.20. The number of hydrogen-bond donors (Lipinski definition) is 1. The summed E-state index contributed by atoms with van der Waals surface area (Å²) < 4.78 is 1.29. The monoisotopic (exact) mass is 262 g/mol. The lowest BCUT2D eigenvalue weighted by molar-refractivity contribution is 0.270. The van der Waals surface area contributed by atoms with Gasteiger partial charge >= 0.3 is 0 Å². The van der Waals surface area contributed by atoms with Gasteiger partial charge in [0.1, 0.15) is 0 Å². The van der Waals surface area contributed by atoms with Crippen molar-refractivity contribution < 1.29 is 0 Å². The van der Waals surface area contributed by atoms with E-state index in [1.807, 2.05) is 11.3 Å². The molecule has 1 atom stereocenters. The highest BCUT2D eigenvalue weighted by Crippen LogP contribution is 2.27. The van der Waals surface area contributed by atoms with Crippen molar-refractivity contribution in [3.63, 3.8) is 0 Å². The number of thiazole rings is 1. The number of aromatic nitrogens is 1. The largest absolute Gasteiger partial charge is 0.313 e. The lowest BCUT2D eigenvalue weighted by atomic mass is 9.85. The van der Waals surface area contributed by atoms with E-state index < -0.39 is 0 Å². The summed E-state index contributed by atoms with van der Waals surface area (Å²) in [4.78, 5) is 4.73. The molecule has 0 spiro atoms. The van der Waals surface area contributed by atoms with E-state index >= 15 is 0 Å². The van der Waals surface area contributed by atoms with Crippen LogP contribution in [0.2, 0.25) is 0 Å². The van der Waals surface area contributed by atoms with Crippen LogP contribution in [-0.4, -0.2) is 17.6 Å². The maximum atomic E-state index is 4.73. The number of benzene rings is 1. The number of para-hydroxylation sites is 1. The Hall–Kier alpha value is -0.930. The fourth-order valence-corrected chi connectivity index (χ4v) is 3.13. The van der Waals surface area contributed by atoms with E-state index in [2.05, 4.69) is 57.3 Å². The van der Waals surface area contributed by atoms with Gasteiger partial charge in [0.25, 0.3) is 0 Å². The van der Waals surface area contributed by atoms with Crippen molar-refractivity contribution in [2.45, 2.75) is 40.2 Å². The topological polar surface area (TPSA) is 24.9 Å². The van der Waals surface area contributed by atoms with Crippen LogP contribution < -0.4 is 5.32 Å². The molecule has 1 aromatic carbocycles. The summed E-state index contributed by atoms with van der Waals surface area (Å²) >= 11 is 1.82. The predicted molar refractivity (Wildman–Crippen MR) is 80.2 cm³/mol. The highest BCUT2D eigenvalue weighted by molar-refractivity contribution is 7.18. The minimum atomic E-state index is 0.258. The summed E-state index contributed by atoms with van der Waals surface area (Å²) in [7, 11) is 0. The Bertz CT molecular complexity index is 477. The Morgan fingerprint density at radius 3 is 2.61 bits per heavy atom. The molecule has 0 amide bonds. The smallest absolute Gasteiger partial charge is 0.0954 e. The maximum Gasteiger partial charge on any atom is 0.0954 e. The van der Waals surface area contributed by atoms with Gasteiger partial charge in [0.2, 0.25) is 0 Å². The first-order chi connectivity index (χ1) is 8.50. The van der Waals surface area contributed by atoms with E-state index in [1.54, 1.807) is 0 Å². The first kappa shape index (κ1) is 13.5. The van der Waals surface area contributed by atoms with Crippen molar-refractivity contribution >= 4 is 21.6 Å². The van der Waals surface area contributed by atoms with Crippen molar-refractivity contribution in [2.24, 2.45) is 5.41 Å². The first-order valence-corrected chi connectivity index (χ1v) is 7.40. The molecule has 0 saturated carbocycles.